The van der Waals surface area contributed by atoms with Gasteiger partial charge in [0.25, 0.3) is 0 Å². The molecule has 1 heterocycles. The van der Waals surface area contributed by atoms with E-state index in [1.54, 1.807) is 6.07 Å². The van der Waals surface area contributed by atoms with Gasteiger partial charge < -0.3 is 9.47 Å². The summed E-state index contributed by atoms with van der Waals surface area (Å²) in [6.07, 6.45) is -0.116. The molecule has 0 aliphatic carbocycles. The Balaban J connectivity index is 2.36. The van der Waals surface area contributed by atoms with Crippen molar-refractivity contribution in [3.05, 3.63) is 23.2 Å². The lowest BCUT2D eigenvalue weighted by atomic mass is 10.2. The molecule has 1 aliphatic rings. The van der Waals surface area contributed by atoms with Crippen LogP contribution in [0.1, 0.15) is 13.8 Å². The van der Waals surface area contributed by atoms with Crippen LogP contribution in [-0.4, -0.2) is 45.1 Å². The smallest absolute Gasteiger partial charge is 0.243 e. The quantitative estimate of drug-likeness (QED) is 0.856. The van der Waals surface area contributed by atoms with Crippen molar-refractivity contribution in [2.75, 3.05) is 20.3 Å². The highest BCUT2D eigenvalue weighted by atomic mass is 35.5. The first kappa shape index (κ1) is 15.6. The SMILES string of the molecule is COc1ccc(S(=O)(=O)N2C[C@H](C)OC[C@H]2C)cc1Cl. The summed E-state index contributed by atoms with van der Waals surface area (Å²) in [6.45, 7) is 4.42. The van der Waals surface area contributed by atoms with E-state index >= 15 is 0 Å². The molecule has 20 heavy (non-hydrogen) atoms. The van der Waals surface area contributed by atoms with Crippen molar-refractivity contribution < 1.29 is 17.9 Å². The number of hydrogen-bond acceptors (Lipinski definition) is 4. The first-order valence-corrected chi connectivity index (χ1v) is 8.15. The zero-order chi connectivity index (χ0) is 14.9. The molecule has 1 aliphatic heterocycles. The third kappa shape index (κ3) is 2.93. The minimum Gasteiger partial charge on any atom is -0.495 e. The van der Waals surface area contributed by atoms with E-state index in [1.165, 1.54) is 23.5 Å². The topological polar surface area (TPSA) is 55.8 Å². The largest absolute Gasteiger partial charge is 0.495 e. The van der Waals surface area contributed by atoms with Crippen molar-refractivity contribution in [3.63, 3.8) is 0 Å². The van der Waals surface area contributed by atoms with Crippen molar-refractivity contribution >= 4 is 21.6 Å². The van der Waals surface area contributed by atoms with E-state index in [-0.39, 0.29) is 22.1 Å². The van der Waals surface area contributed by atoms with Crippen LogP contribution in [0.2, 0.25) is 5.02 Å². The summed E-state index contributed by atoms with van der Waals surface area (Å²) in [5.41, 5.74) is 0. The maximum atomic E-state index is 12.7. The highest BCUT2D eigenvalue weighted by molar-refractivity contribution is 7.89. The Morgan fingerprint density at radius 2 is 2.10 bits per heavy atom. The Morgan fingerprint density at radius 1 is 1.40 bits per heavy atom. The second-order valence-corrected chi connectivity index (χ2v) is 7.16. The standard InChI is InChI=1S/C13H18ClNO4S/c1-9-8-19-10(2)7-15(9)20(16,17)11-4-5-13(18-3)12(14)6-11/h4-6,9-10H,7-8H2,1-3H3/t9-,10+/m1/s1. The first-order chi connectivity index (χ1) is 9.36. The Kier molecular flexibility index (Phi) is 4.59. The molecule has 0 aromatic heterocycles. The molecule has 0 amide bonds. The number of nitrogens with zero attached hydrogens (tertiary/aromatic N) is 1. The summed E-state index contributed by atoms with van der Waals surface area (Å²) in [4.78, 5) is 0.171. The van der Waals surface area contributed by atoms with E-state index in [4.69, 9.17) is 21.1 Å². The summed E-state index contributed by atoms with van der Waals surface area (Å²) in [5.74, 6) is 0.453. The monoisotopic (exact) mass is 319 g/mol. The first-order valence-electron chi connectivity index (χ1n) is 6.33. The maximum absolute atomic E-state index is 12.7. The predicted molar refractivity (Wildman–Crippen MR) is 76.8 cm³/mol. The van der Waals surface area contributed by atoms with Crippen molar-refractivity contribution in [1.82, 2.24) is 4.31 Å². The fraction of sp³-hybridized carbons (Fsp3) is 0.538. The van der Waals surface area contributed by atoms with Crippen molar-refractivity contribution in [3.8, 4) is 5.75 Å². The summed E-state index contributed by atoms with van der Waals surface area (Å²) in [6, 6.07) is 4.29. The van der Waals surface area contributed by atoms with Gasteiger partial charge in [-0.25, -0.2) is 8.42 Å². The summed E-state index contributed by atoms with van der Waals surface area (Å²) >= 11 is 6.01. The van der Waals surface area contributed by atoms with Gasteiger partial charge in [-0.1, -0.05) is 11.6 Å². The Hall–Kier alpha value is -0.820. The second kappa shape index (κ2) is 5.89. The number of ether oxygens (including phenoxy) is 2. The van der Waals surface area contributed by atoms with E-state index in [1.807, 2.05) is 13.8 Å². The van der Waals surface area contributed by atoms with Crippen LogP contribution in [0.15, 0.2) is 23.1 Å². The maximum Gasteiger partial charge on any atom is 0.243 e. The molecule has 2 rings (SSSR count). The number of benzene rings is 1. The van der Waals surface area contributed by atoms with Crippen LogP contribution in [-0.2, 0) is 14.8 Å². The number of halogens is 1. The average Bonchev–Trinajstić information content (AvgIpc) is 2.41. The Morgan fingerprint density at radius 3 is 2.70 bits per heavy atom. The average molecular weight is 320 g/mol. The van der Waals surface area contributed by atoms with E-state index in [9.17, 15) is 8.42 Å². The molecular weight excluding hydrogens is 302 g/mol. The second-order valence-electron chi connectivity index (χ2n) is 4.86. The molecule has 1 aromatic carbocycles. The molecule has 0 radical (unpaired) electrons. The number of sulfonamides is 1. The van der Waals surface area contributed by atoms with Crippen molar-refractivity contribution in [2.24, 2.45) is 0 Å². The number of morpholine rings is 1. The van der Waals surface area contributed by atoms with E-state index < -0.39 is 10.0 Å². The third-order valence-corrected chi connectivity index (χ3v) is 5.55. The molecule has 1 aromatic rings. The highest BCUT2D eigenvalue weighted by Gasteiger charge is 2.34. The van der Waals surface area contributed by atoms with Crippen molar-refractivity contribution in [2.45, 2.75) is 30.9 Å². The molecule has 0 unspecified atom stereocenters. The highest BCUT2D eigenvalue weighted by Crippen LogP contribution is 2.29. The van der Waals surface area contributed by atoms with Crippen LogP contribution in [0.25, 0.3) is 0 Å². The van der Waals surface area contributed by atoms with E-state index in [2.05, 4.69) is 0 Å². The Bertz CT molecular complexity index is 590. The molecule has 0 spiro atoms. The summed E-state index contributed by atoms with van der Waals surface area (Å²) in [7, 11) is -2.09. The van der Waals surface area contributed by atoms with Gasteiger partial charge in [-0.15, -0.1) is 0 Å². The van der Waals surface area contributed by atoms with Crippen LogP contribution in [0, 0.1) is 0 Å². The molecule has 112 valence electrons. The molecular formula is C13H18ClNO4S. The summed E-state index contributed by atoms with van der Waals surface area (Å²) < 4.78 is 37.3. The van der Waals surface area contributed by atoms with Crippen LogP contribution >= 0.6 is 11.6 Å². The predicted octanol–water partition coefficient (Wildman–Crippen LogP) is 2.15. The molecule has 1 saturated heterocycles. The third-order valence-electron chi connectivity index (χ3n) is 3.28. The van der Waals surface area contributed by atoms with Gasteiger partial charge in [-0.2, -0.15) is 4.31 Å². The van der Waals surface area contributed by atoms with Gasteiger partial charge >= 0.3 is 0 Å². The van der Waals surface area contributed by atoms with Crippen LogP contribution < -0.4 is 4.74 Å². The number of rotatable bonds is 3. The Labute approximate surface area is 124 Å². The zero-order valence-electron chi connectivity index (χ0n) is 11.7. The molecule has 2 atom stereocenters. The van der Waals surface area contributed by atoms with Gasteiger partial charge in [-0.3, -0.25) is 0 Å². The lowest BCUT2D eigenvalue weighted by molar-refractivity contribution is -0.0170. The van der Waals surface area contributed by atoms with Gasteiger partial charge in [-0.05, 0) is 32.0 Å². The van der Waals surface area contributed by atoms with Crippen LogP contribution in [0.4, 0.5) is 0 Å². The lowest BCUT2D eigenvalue weighted by Gasteiger charge is -2.35. The lowest BCUT2D eigenvalue weighted by Crippen LogP contribution is -2.50. The fourth-order valence-electron chi connectivity index (χ4n) is 2.15. The van der Waals surface area contributed by atoms with Gasteiger partial charge in [0.15, 0.2) is 0 Å². The molecule has 0 saturated carbocycles. The van der Waals surface area contributed by atoms with Crippen molar-refractivity contribution in [1.29, 1.82) is 0 Å². The fourth-order valence-corrected chi connectivity index (χ4v) is 4.19. The van der Waals surface area contributed by atoms with Gasteiger partial charge in [0.2, 0.25) is 10.0 Å². The normalized spacial score (nSPS) is 24.6. The minimum atomic E-state index is -3.58. The minimum absolute atomic E-state index is 0.116. The van der Waals surface area contributed by atoms with E-state index in [0.717, 1.165) is 0 Å². The molecule has 5 nitrogen and oxygen atoms in total. The number of hydrogen-bond donors (Lipinski definition) is 0. The van der Waals surface area contributed by atoms with Crippen LogP contribution in [0.5, 0.6) is 5.75 Å². The molecule has 0 bridgehead atoms. The molecule has 7 heteroatoms. The summed E-state index contributed by atoms with van der Waals surface area (Å²) in [5, 5.41) is 0.280. The van der Waals surface area contributed by atoms with E-state index in [0.29, 0.717) is 18.9 Å². The molecule has 1 fully saturated rings. The zero-order valence-corrected chi connectivity index (χ0v) is 13.2. The molecule has 0 N–H and O–H groups in total. The van der Waals surface area contributed by atoms with Gasteiger partial charge in [0.1, 0.15) is 5.75 Å². The van der Waals surface area contributed by atoms with Gasteiger partial charge in [0.05, 0.1) is 29.7 Å². The number of methoxy groups -OCH3 is 1. The van der Waals surface area contributed by atoms with Crippen LogP contribution in [0.3, 0.4) is 0 Å². The van der Waals surface area contributed by atoms with Gasteiger partial charge in [0, 0.05) is 12.6 Å².